The molecule has 0 aliphatic rings. The Morgan fingerprint density at radius 1 is 0.963 bits per heavy atom. The maximum atomic E-state index is 12.3. The maximum Gasteiger partial charge on any atom is 0.270 e. The molecular weight excluding hydrogens is 340 g/mol. The van der Waals surface area contributed by atoms with Gasteiger partial charge in [-0.15, -0.1) is 0 Å². The highest BCUT2D eigenvalue weighted by Crippen LogP contribution is 2.30. The summed E-state index contributed by atoms with van der Waals surface area (Å²) >= 11 is 0. The van der Waals surface area contributed by atoms with Gasteiger partial charge in [-0.1, -0.05) is 30.3 Å². The van der Waals surface area contributed by atoms with Crippen LogP contribution in [-0.4, -0.2) is 21.4 Å². The normalized spacial score (nSPS) is 10.9. The second-order valence-electron chi connectivity index (χ2n) is 7.03. The number of aromatic nitrogens is 2. The Hall–Kier alpha value is -3.41. The molecule has 3 aromatic rings. The lowest BCUT2D eigenvalue weighted by Crippen LogP contribution is -2.40. The Balaban J connectivity index is 1.80. The molecule has 0 radical (unpaired) electrons. The van der Waals surface area contributed by atoms with Crippen molar-refractivity contribution in [1.29, 1.82) is 0 Å². The van der Waals surface area contributed by atoms with E-state index < -0.39 is 0 Å². The van der Waals surface area contributed by atoms with Crippen molar-refractivity contribution >= 4 is 17.4 Å². The third kappa shape index (κ3) is 5.28. The van der Waals surface area contributed by atoms with E-state index in [-0.39, 0.29) is 11.4 Å². The summed E-state index contributed by atoms with van der Waals surface area (Å²) in [5.74, 6) is 1.65. The summed E-state index contributed by atoms with van der Waals surface area (Å²) in [5.41, 5.74) is 0.692. The van der Waals surface area contributed by atoms with Crippen LogP contribution in [0, 0.1) is 0 Å². The summed E-state index contributed by atoms with van der Waals surface area (Å²) in [4.78, 5) is 20.6. The first-order valence-corrected chi connectivity index (χ1v) is 8.64. The highest BCUT2D eigenvalue weighted by molar-refractivity contribution is 5.93. The van der Waals surface area contributed by atoms with E-state index >= 15 is 0 Å². The fourth-order valence-electron chi connectivity index (χ4n) is 2.37. The lowest BCUT2D eigenvalue weighted by molar-refractivity contribution is 0.0914. The summed E-state index contributed by atoms with van der Waals surface area (Å²) in [6.07, 6.45) is 1.36. The molecule has 0 aliphatic heterocycles. The quantitative estimate of drug-likeness (QED) is 0.697. The molecule has 0 saturated carbocycles. The first kappa shape index (κ1) is 18.4. The summed E-state index contributed by atoms with van der Waals surface area (Å²) in [7, 11) is 0. The summed E-state index contributed by atoms with van der Waals surface area (Å²) in [6, 6.07) is 18.7. The number of benzene rings is 2. The SMILES string of the molecule is CC(C)(C)NC(=O)c1cc(Nc2ccccc2Oc2ccccc2)ncn1. The number of nitrogens with one attached hydrogen (secondary N) is 2. The summed E-state index contributed by atoms with van der Waals surface area (Å²) < 4.78 is 5.94. The topological polar surface area (TPSA) is 76.1 Å². The standard InChI is InChI=1S/C21H22N4O2/c1-21(2,3)25-20(26)17-13-19(23-14-22-17)24-16-11-7-8-12-18(16)27-15-9-5-4-6-10-15/h4-14H,1-3H3,(H,25,26)(H,22,23,24). The van der Waals surface area contributed by atoms with Gasteiger partial charge in [-0.3, -0.25) is 4.79 Å². The van der Waals surface area contributed by atoms with Crippen LogP contribution in [0.4, 0.5) is 11.5 Å². The van der Waals surface area contributed by atoms with E-state index in [2.05, 4.69) is 20.6 Å². The lowest BCUT2D eigenvalue weighted by Gasteiger charge is -2.20. The highest BCUT2D eigenvalue weighted by atomic mass is 16.5. The number of nitrogens with zero attached hydrogens (tertiary/aromatic N) is 2. The molecule has 0 atom stereocenters. The Labute approximate surface area is 158 Å². The summed E-state index contributed by atoms with van der Waals surface area (Å²) in [5, 5.41) is 6.08. The number of para-hydroxylation sites is 3. The predicted molar refractivity (Wildman–Crippen MR) is 105 cm³/mol. The van der Waals surface area contributed by atoms with E-state index in [1.165, 1.54) is 6.33 Å². The highest BCUT2D eigenvalue weighted by Gasteiger charge is 2.17. The van der Waals surface area contributed by atoms with E-state index in [4.69, 9.17) is 4.74 Å². The predicted octanol–water partition coefficient (Wildman–Crippen LogP) is 4.54. The minimum Gasteiger partial charge on any atom is -0.455 e. The van der Waals surface area contributed by atoms with Gasteiger partial charge in [0.1, 0.15) is 23.6 Å². The van der Waals surface area contributed by atoms with Crippen LogP contribution in [0.1, 0.15) is 31.3 Å². The van der Waals surface area contributed by atoms with Crippen molar-refractivity contribution in [2.75, 3.05) is 5.32 Å². The first-order valence-electron chi connectivity index (χ1n) is 8.64. The number of ether oxygens (including phenoxy) is 1. The van der Waals surface area contributed by atoms with Crippen molar-refractivity contribution in [3.8, 4) is 11.5 Å². The Morgan fingerprint density at radius 2 is 1.67 bits per heavy atom. The zero-order chi connectivity index (χ0) is 19.3. The Bertz CT molecular complexity index is 921. The number of amides is 1. The molecule has 0 spiro atoms. The van der Waals surface area contributed by atoms with Crippen molar-refractivity contribution in [3.63, 3.8) is 0 Å². The van der Waals surface area contributed by atoms with Crippen LogP contribution in [0.5, 0.6) is 11.5 Å². The van der Waals surface area contributed by atoms with Crippen LogP contribution < -0.4 is 15.4 Å². The van der Waals surface area contributed by atoms with Crippen molar-refractivity contribution in [1.82, 2.24) is 15.3 Å². The van der Waals surface area contributed by atoms with Crippen molar-refractivity contribution in [2.24, 2.45) is 0 Å². The molecule has 3 rings (SSSR count). The second kappa shape index (κ2) is 7.86. The molecule has 27 heavy (non-hydrogen) atoms. The molecule has 0 aliphatic carbocycles. The van der Waals surface area contributed by atoms with Crippen molar-refractivity contribution in [3.05, 3.63) is 72.7 Å². The van der Waals surface area contributed by atoms with Gasteiger partial charge in [0, 0.05) is 11.6 Å². The van der Waals surface area contributed by atoms with Crippen molar-refractivity contribution in [2.45, 2.75) is 26.3 Å². The number of rotatable bonds is 5. The van der Waals surface area contributed by atoms with Crippen molar-refractivity contribution < 1.29 is 9.53 Å². The van der Waals surface area contributed by atoms with Gasteiger partial charge in [-0.25, -0.2) is 9.97 Å². The van der Waals surface area contributed by atoms with E-state index in [9.17, 15) is 4.79 Å². The van der Waals surface area contributed by atoms with Gasteiger partial charge in [0.05, 0.1) is 5.69 Å². The minimum absolute atomic E-state index is 0.248. The molecule has 2 N–H and O–H groups in total. The molecule has 0 bridgehead atoms. The van der Waals surface area contributed by atoms with Crippen LogP contribution in [0.2, 0.25) is 0 Å². The van der Waals surface area contributed by atoms with Gasteiger partial charge in [-0.2, -0.15) is 0 Å². The average molecular weight is 362 g/mol. The third-order valence-corrected chi connectivity index (χ3v) is 3.51. The minimum atomic E-state index is -0.342. The largest absolute Gasteiger partial charge is 0.455 e. The lowest BCUT2D eigenvalue weighted by atomic mass is 10.1. The van der Waals surface area contributed by atoms with Crippen LogP contribution in [0.25, 0.3) is 0 Å². The number of hydrogen-bond donors (Lipinski definition) is 2. The fourth-order valence-corrected chi connectivity index (χ4v) is 2.37. The van der Waals surface area contributed by atoms with E-state index in [1.54, 1.807) is 6.07 Å². The molecule has 0 saturated heterocycles. The number of hydrogen-bond acceptors (Lipinski definition) is 5. The van der Waals surface area contributed by atoms with Gasteiger partial charge in [0.2, 0.25) is 0 Å². The van der Waals surface area contributed by atoms with E-state index in [1.807, 2.05) is 75.4 Å². The van der Waals surface area contributed by atoms with Crippen LogP contribution in [-0.2, 0) is 0 Å². The first-order chi connectivity index (χ1) is 12.9. The van der Waals surface area contributed by atoms with Gasteiger partial charge < -0.3 is 15.4 Å². The molecule has 0 fully saturated rings. The third-order valence-electron chi connectivity index (χ3n) is 3.51. The van der Waals surface area contributed by atoms with E-state index in [0.717, 1.165) is 11.4 Å². The van der Waals surface area contributed by atoms with Gasteiger partial charge in [0.15, 0.2) is 5.75 Å². The Morgan fingerprint density at radius 3 is 2.41 bits per heavy atom. The molecule has 1 heterocycles. The van der Waals surface area contributed by atoms with Crippen LogP contribution >= 0.6 is 0 Å². The maximum absolute atomic E-state index is 12.3. The molecule has 6 heteroatoms. The zero-order valence-electron chi connectivity index (χ0n) is 15.6. The summed E-state index contributed by atoms with van der Waals surface area (Å²) in [6.45, 7) is 5.76. The molecule has 2 aromatic carbocycles. The van der Waals surface area contributed by atoms with Crippen LogP contribution in [0.15, 0.2) is 67.0 Å². The van der Waals surface area contributed by atoms with Gasteiger partial charge in [-0.05, 0) is 45.0 Å². The van der Waals surface area contributed by atoms with E-state index in [0.29, 0.717) is 17.3 Å². The number of carbonyl (C=O) groups excluding carboxylic acids is 1. The molecule has 1 aromatic heterocycles. The average Bonchev–Trinajstić information content (AvgIpc) is 2.63. The Kier molecular flexibility index (Phi) is 5.35. The van der Waals surface area contributed by atoms with Crippen LogP contribution in [0.3, 0.4) is 0 Å². The molecule has 1 amide bonds. The fraction of sp³-hybridized carbons (Fsp3) is 0.190. The second-order valence-corrected chi connectivity index (χ2v) is 7.03. The molecule has 0 unspecified atom stereocenters. The molecule has 138 valence electrons. The smallest absolute Gasteiger partial charge is 0.270 e. The van der Waals surface area contributed by atoms with Gasteiger partial charge >= 0.3 is 0 Å². The number of carbonyl (C=O) groups is 1. The molecular formula is C21H22N4O2. The zero-order valence-corrected chi connectivity index (χ0v) is 15.6. The van der Waals surface area contributed by atoms with Gasteiger partial charge in [0.25, 0.3) is 5.91 Å². The molecule has 6 nitrogen and oxygen atoms in total. The monoisotopic (exact) mass is 362 g/mol. The number of anilines is 2.